The molecular formula is C29H42BrN7. The molecule has 1 aliphatic rings. The van der Waals surface area contributed by atoms with Crippen LogP contribution in [0.2, 0.25) is 0 Å². The Hall–Kier alpha value is -2.84. The van der Waals surface area contributed by atoms with Crippen LogP contribution in [0.3, 0.4) is 0 Å². The smallest absolute Gasteiger partial charge is 0.229 e. The maximum Gasteiger partial charge on any atom is 0.229 e. The van der Waals surface area contributed by atoms with E-state index in [9.17, 15) is 0 Å². The summed E-state index contributed by atoms with van der Waals surface area (Å²) >= 11 is 3.55. The number of halogens is 1. The molecule has 0 spiro atoms. The number of aryl methyl sites for hydroxylation is 1. The summed E-state index contributed by atoms with van der Waals surface area (Å²) in [6.07, 6.45) is 9.20. The van der Waals surface area contributed by atoms with Crippen LogP contribution < -0.4 is 21.3 Å². The van der Waals surface area contributed by atoms with E-state index in [1.807, 2.05) is 13.1 Å². The van der Waals surface area contributed by atoms with Gasteiger partial charge in [0.05, 0.1) is 4.47 Å². The van der Waals surface area contributed by atoms with Gasteiger partial charge in [-0.1, -0.05) is 39.1 Å². The minimum atomic E-state index is 0.526. The van der Waals surface area contributed by atoms with Crippen molar-refractivity contribution >= 4 is 33.4 Å². The third-order valence-electron chi connectivity index (χ3n) is 6.52. The van der Waals surface area contributed by atoms with Gasteiger partial charge in [-0.25, -0.2) is 4.98 Å². The lowest BCUT2D eigenvalue weighted by atomic mass is 10.1. The molecule has 0 aliphatic heterocycles. The Bertz CT molecular complexity index is 1070. The summed E-state index contributed by atoms with van der Waals surface area (Å²) in [7, 11) is 1.88. The first-order valence-corrected chi connectivity index (χ1v) is 14.1. The first-order valence-electron chi connectivity index (χ1n) is 13.3. The summed E-state index contributed by atoms with van der Waals surface area (Å²) in [6.45, 7) is 17.1. The van der Waals surface area contributed by atoms with E-state index in [0.29, 0.717) is 17.7 Å². The molecule has 4 N–H and O–H groups in total. The molecule has 200 valence electrons. The fourth-order valence-corrected chi connectivity index (χ4v) is 4.29. The van der Waals surface area contributed by atoms with Crippen LogP contribution in [0.25, 0.3) is 0 Å². The number of rotatable bonds is 17. The van der Waals surface area contributed by atoms with Crippen LogP contribution in [-0.2, 0) is 6.42 Å². The summed E-state index contributed by atoms with van der Waals surface area (Å²) in [4.78, 5) is 11.6. The molecule has 1 aliphatic carbocycles. The number of nitrogens with one attached hydrogen (secondary N) is 4. The summed E-state index contributed by atoms with van der Waals surface area (Å²) in [5.74, 6) is 2.67. The highest BCUT2D eigenvalue weighted by atomic mass is 79.9. The Labute approximate surface area is 231 Å². The van der Waals surface area contributed by atoms with Crippen molar-refractivity contribution in [3.05, 3.63) is 76.8 Å². The van der Waals surface area contributed by atoms with E-state index in [1.165, 1.54) is 18.4 Å². The van der Waals surface area contributed by atoms with Crippen LogP contribution in [0.15, 0.2) is 71.3 Å². The third-order valence-corrected chi connectivity index (χ3v) is 7.10. The minimum Gasteiger partial charge on any atom is -0.389 e. The average molecular weight is 569 g/mol. The highest BCUT2D eigenvalue weighted by Crippen LogP contribution is 2.36. The van der Waals surface area contributed by atoms with Gasteiger partial charge in [0.15, 0.2) is 5.82 Å². The van der Waals surface area contributed by atoms with Gasteiger partial charge in [0.2, 0.25) is 5.95 Å². The summed E-state index contributed by atoms with van der Waals surface area (Å²) in [5.41, 5.74) is 4.41. The SMILES string of the molecule is C=C(CCc1cccc(Nc2ncc(Br)c(N/C(=C/C(=C)C3CC3)NC)n2)c1)NCCCN(CC)CC. The van der Waals surface area contributed by atoms with Crippen molar-refractivity contribution in [2.45, 2.75) is 46.0 Å². The predicted molar refractivity (Wildman–Crippen MR) is 160 cm³/mol. The van der Waals surface area contributed by atoms with E-state index in [2.05, 4.69) is 103 Å². The van der Waals surface area contributed by atoms with Gasteiger partial charge in [-0.15, -0.1) is 0 Å². The molecule has 0 unspecified atom stereocenters. The molecule has 1 heterocycles. The van der Waals surface area contributed by atoms with Crippen molar-refractivity contribution in [2.75, 3.05) is 43.9 Å². The Morgan fingerprint density at radius 3 is 2.70 bits per heavy atom. The minimum absolute atomic E-state index is 0.526. The summed E-state index contributed by atoms with van der Waals surface area (Å²) < 4.78 is 0.785. The highest BCUT2D eigenvalue weighted by Gasteiger charge is 2.23. The van der Waals surface area contributed by atoms with Gasteiger partial charge in [0, 0.05) is 31.2 Å². The van der Waals surface area contributed by atoms with Crippen molar-refractivity contribution in [2.24, 2.45) is 5.92 Å². The summed E-state index contributed by atoms with van der Waals surface area (Å²) in [6, 6.07) is 8.37. The molecular weight excluding hydrogens is 526 g/mol. The number of nitrogens with zero attached hydrogens (tertiary/aromatic N) is 3. The van der Waals surface area contributed by atoms with Gasteiger partial charge in [-0.05, 0) is 103 Å². The van der Waals surface area contributed by atoms with Gasteiger partial charge < -0.3 is 26.2 Å². The molecule has 1 fully saturated rings. The molecule has 7 nitrogen and oxygen atoms in total. The van der Waals surface area contributed by atoms with Crippen molar-refractivity contribution in [3.8, 4) is 0 Å². The number of benzene rings is 1. The topological polar surface area (TPSA) is 77.1 Å². The van der Waals surface area contributed by atoms with E-state index >= 15 is 0 Å². The van der Waals surface area contributed by atoms with Crippen molar-refractivity contribution in [3.63, 3.8) is 0 Å². The van der Waals surface area contributed by atoms with E-state index in [0.717, 1.165) is 72.7 Å². The van der Waals surface area contributed by atoms with Crippen LogP contribution in [-0.4, -0.2) is 48.1 Å². The van der Waals surface area contributed by atoms with Crippen molar-refractivity contribution in [1.29, 1.82) is 0 Å². The molecule has 0 atom stereocenters. The number of allylic oxidation sites excluding steroid dienone is 3. The van der Waals surface area contributed by atoms with Gasteiger partial charge >= 0.3 is 0 Å². The van der Waals surface area contributed by atoms with Crippen LogP contribution in [0, 0.1) is 5.92 Å². The molecule has 1 aromatic carbocycles. The number of aromatic nitrogens is 2. The van der Waals surface area contributed by atoms with Crippen molar-refractivity contribution < 1.29 is 0 Å². The molecule has 0 bridgehead atoms. The highest BCUT2D eigenvalue weighted by molar-refractivity contribution is 9.10. The Morgan fingerprint density at radius 1 is 1.22 bits per heavy atom. The fourth-order valence-electron chi connectivity index (χ4n) is 4.00. The van der Waals surface area contributed by atoms with Gasteiger partial charge in [0.1, 0.15) is 5.82 Å². The Balaban J connectivity index is 1.52. The normalized spacial score (nSPS) is 13.4. The van der Waals surface area contributed by atoms with E-state index in [4.69, 9.17) is 0 Å². The van der Waals surface area contributed by atoms with E-state index in [-0.39, 0.29) is 0 Å². The van der Waals surface area contributed by atoms with Crippen LogP contribution in [0.4, 0.5) is 17.5 Å². The van der Waals surface area contributed by atoms with E-state index in [1.54, 1.807) is 6.20 Å². The largest absolute Gasteiger partial charge is 0.389 e. The molecule has 0 amide bonds. The number of hydrogen-bond donors (Lipinski definition) is 4. The van der Waals surface area contributed by atoms with E-state index < -0.39 is 0 Å². The molecule has 0 radical (unpaired) electrons. The first kappa shape index (κ1) is 28.7. The van der Waals surface area contributed by atoms with Crippen LogP contribution >= 0.6 is 15.9 Å². The first-order chi connectivity index (χ1) is 17.9. The zero-order valence-corrected chi connectivity index (χ0v) is 24.1. The monoisotopic (exact) mass is 567 g/mol. The molecule has 0 saturated heterocycles. The molecule has 2 aromatic rings. The average Bonchev–Trinajstić information content (AvgIpc) is 3.75. The second-order valence-electron chi connectivity index (χ2n) is 9.41. The second kappa shape index (κ2) is 14.8. The Morgan fingerprint density at radius 2 is 2.00 bits per heavy atom. The third kappa shape index (κ3) is 9.85. The lowest BCUT2D eigenvalue weighted by Gasteiger charge is -2.18. The lowest BCUT2D eigenvalue weighted by Crippen LogP contribution is -2.27. The Kier molecular flexibility index (Phi) is 11.5. The van der Waals surface area contributed by atoms with Gasteiger partial charge in [0.25, 0.3) is 0 Å². The maximum absolute atomic E-state index is 4.68. The standard InChI is InChI=1S/C29H42BrN7/c1-6-37(7-2)17-9-16-32-22(4)12-13-23-10-8-11-25(19-23)34-29-33-20-26(30)28(36-29)35-27(31-5)18-21(3)24-14-15-24/h8,10-11,18-20,24,31-32H,3-4,6-7,9,12-17H2,1-2,5H3,(H2,33,34,35,36)/b27-18+. The maximum atomic E-state index is 4.68. The molecule has 3 rings (SSSR count). The zero-order valence-electron chi connectivity index (χ0n) is 22.5. The zero-order chi connectivity index (χ0) is 26.6. The molecule has 37 heavy (non-hydrogen) atoms. The van der Waals surface area contributed by atoms with Gasteiger partial charge in [-0.3, -0.25) is 0 Å². The molecule has 1 aromatic heterocycles. The quantitative estimate of drug-likeness (QED) is 0.134. The number of hydrogen-bond acceptors (Lipinski definition) is 7. The second-order valence-corrected chi connectivity index (χ2v) is 10.3. The van der Waals surface area contributed by atoms with Crippen molar-refractivity contribution in [1.82, 2.24) is 25.5 Å². The lowest BCUT2D eigenvalue weighted by molar-refractivity contribution is 0.299. The predicted octanol–water partition coefficient (Wildman–Crippen LogP) is 6.19. The molecule has 8 heteroatoms. The van der Waals surface area contributed by atoms with Crippen LogP contribution in [0.5, 0.6) is 0 Å². The fraction of sp³-hybridized carbons (Fsp3) is 0.448. The molecule has 1 saturated carbocycles. The summed E-state index contributed by atoms with van der Waals surface area (Å²) in [5, 5.41) is 13.4. The number of anilines is 3. The van der Waals surface area contributed by atoms with Crippen LogP contribution in [0.1, 0.15) is 45.1 Å². The van der Waals surface area contributed by atoms with Gasteiger partial charge in [-0.2, -0.15) is 4.98 Å².